The van der Waals surface area contributed by atoms with Gasteiger partial charge in [-0.05, 0) is 25.7 Å². The van der Waals surface area contributed by atoms with Crippen LogP contribution in [0.3, 0.4) is 0 Å². The first kappa shape index (κ1) is 12.9. The molecule has 2 aromatic rings. The average Bonchev–Trinajstić information content (AvgIpc) is 3.30. The van der Waals surface area contributed by atoms with E-state index in [2.05, 4.69) is 22.2 Å². The molecule has 1 N–H and O–H groups in total. The van der Waals surface area contributed by atoms with Crippen molar-refractivity contribution in [2.24, 2.45) is 5.92 Å². The van der Waals surface area contributed by atoms with Gasteiger partial charge < -0.3 is 10.1 Å². The molecule has 1 fully saturated rings. The van der Waals surface area contributed by atoms with Gasteiger partial charge >= 0.3 is 0 Å². The molecule has 0 saturated heterocycles. The first-order valence-corrected chi connectivity index (χ1v) is 7.16. The molecule has 1 heterocycles. The van der Waals surface area contributed by atoms with Crippen LogP contribution in [-0.2, 0) is 0 Å². The van der Waals surface area contributed by atoms with Crippen molar-refractivity contribution >= 4 is 5.82 Å². The molecule has 20 heavy (non-hydrogen) atoms. The highest BCUT2D eigenvalue weighted by molar-refractivity contribution is 5.58. The number of aromatic nitrogens is 2. The molecular weight excluding hydrogens is 250 g/mol. The maximum absolute atomic E-state index is 5.79. The highest BCUT2D eigenvalue weighted by Crippen LogP contribution is 2.30. The van der Waals surface area contributed by atoms with E-state index >= 15 is 0 Å². The Morgan fingerprint density at radius 1 is 1.20 bits per heavy atom. The predicted molar refractivity (Wildman–Crippen MR) is 79.9 cm³/mol. The molecule has 0 unspecified atom stereocenters. The number of anilines is 1. The monoisotopic (exact) mass is 269 g/mol. The van der Waals surface area contributed by atoms with E-state index in [1.165, 1.54) is 12.8 Å². The summed E-state index contributed by atoms with van der Waals surface area (Å²) in [5.41, 5.74) is 1.00. The molecule has 1 aliphatic carbocycles. The summed E-state index contributed by atoms with van der Waals surface area (Å²) in [6, 6.07) is 11.9. The number of nitrogens with zero attached hydrogens (tertiary/aromatic N) is 2. The summed E-state index contributed by atoms with van der Waals surface area (Å²) in [6.45, 7) is 3.64. The van der Waals surface area contributed by atoms with E-state index in [1.54, 1.807) is 0 Å². The number of ether oxygens (including phenoxy) is 1. The zero-order valence-electron chi connectivity index (χ0n) is 11.7. The lowest BCUT2D eigenvalue weighted by Crippen LogP contribution is -2.06. The van der Waals surface area contributed by atoms with Crippen LogP contribution in [0.15, 0.2) is 36.4 Å². The molecule has 0 bridgehead atoms. The Bertz CT molecular complexity index is 567. The Morgan fingerprint density at radius 3 is 2.70 bits per heavy atom. The van der Waals surface area contributed by atoms with E-state index in [1.807, 2.05) is 36.4 Å². The van der Waals surface area contributed by atoms with E-state index in [0.717, 1.165) is 24.5 Å². The van der Waals surface area contributed by atoms with E-state index in [4.69, 9.17) is 4.74 Å². The van der Waals surface area contributed by atoms with Crippen LogP contribution in [0.4, 0.5) is 5.82 Å². The third kappa shape index (κ3) is 3.26. The van der Waals surface area contributed by atoms with Gasteiger partial charge in [0, 0.05) is 18.2 Å². The van der Waals surface area contributed by atoms with Crippen LogP contribution >= 0.6 is 0 Å². The molecule has 3 rings (SSSR count). The summed E-state index contributed by atoms with van der Waals surface area (Å²) in [7, 11) is 0. The third-order valence-electron chi connectivity index (χ3n) is 3.26. The fourth-order valence-corrected chi connectivity index (χ4v) is 1.97. The summed E-state index contributed by atoms with van der Waals surface area (Å²) in [4.78, 5) is 9.05. The van der Waals surface area contributed by atoms with Gasteiger partial charge in [0.05, 0.1) is 6.61 Å². The molecule has 1 aromatic carbocycles. The minimum Gasteiger partial charge on any atom is -0.477 e. The minimum absolute atomic E-state index is 0.654. The highest BCUT2D eigenvalue weighted by atomic mass is 16.5. The second kappa shape index (κ2) is 5.90. The molecule has 1 aromatic heterocycles. The standard InChI is InChI=1S/C16H19N3O/c1-2-17-14-10-15(20-11-12-8-9-12)19-16(18-14)13-6-4-3-5-7-13/h3-7,10,12H,2,8-9,11H2,1H3,(H,17,18,19). The Kier molecular flexibility index (Phi) is 3.81. The second-order valence-corrected chi connectivity index (χ2v) is 5.07. The van der Waals surface area contributed by atoms with Crippen LogP contribution in [-0.4, -0.2) is 23.1 Å². The fraction of sp³-hybridized carbons (Fsp3) is 0.375. The first-order chi connectivity index (χ1) is 9.85. The quantitative estimate of drug-likeness (QED) is 0.873. The molecule has 4 heteroatoms. The van der Waals surface area contributed by atoms with Crippen molar-refractivity contribution in [1.82, 2.24) is 9.97 Å². The van der Waals surface area contributed by atoms with Crippen molar-refractivity contribution in [3.63, 3.8) is 0 Å². The Labute approximate surface area is 119 Å². The predicted octanol–water partition coefficient (Wildman–Crippen LogP) is 3.36. The van der Waals surface area contributed by atoms with Gasteiger partial charge in [-0.3, -0.25) is 0 Å². The number of hydrogen-bond acceptors (Lipinski definition) is 4. The largest absolute Gasteiger partial charge is 0.477 e. The summed E-state index contributed by atoms with van der Waals surface area (Å²) >= 11 is 0. The summed E-state index contributed by atoms with van der Waals surface area (Å²) in [6.07, 6.45) is 2.55. The zero-order valence-corrected chi connectivity index (χ0v) is 11.7. The van der Waals surface area contributed by atoms with Crippen molar-refractivity contribution in [3.05, 3.63) is 36.4 Å². The Morgan fingerprint density at radius 2 is 2.00 bits per heavy atom. The molecule has 4 nitrogen and oxygen atoms in total. The topological polar surface area (TPSA) is 47.0 Å². The van der Waals surface area contributed by atoms with Gasteiger partial charge in [0.2, 0.25) is 5.88 Å². The van der Waals surface area contributed by atoms with Crippen LogP contribution in [0, 0.1) is 5.92 Å². The van der Waals surface area contributed by atoms with Crippen molar-refractivity contribution < 1.29 is 4.74 Å². The van der Waals surface area contributed by atoms with Crippen molar-refractivity contribution in [3.8, 4) is 17.3 Å². The van der Waals surface area contributed by atoms with E-state index in [0.29, 0.717) is 17.6 Å². The number of hydrogen-bond donors (Lipinski definition) is 1. The van der Waals surface area contributed by atoms with Crippen LogP contribution in [0.25, 0.3) is 11.4 Å². The van der Waals surface area contributed by atoms with Gasteiger partial charge in [0.15, 0.2) is 5.82 Å². The summed E-state index contributed by atoms with van der Waals surface area (Å²) in [5.74, 6) is 2.89. The molecule has 1 aliphatic rings. The van der Waals surface area contributed by atoms with Crippen molar-refractivity contribution in [2.45, 2.75) is 19.8 Å². The zero-order chi connectivity index (χ0) is 13.8. The van der Waals surface area contributed by atoms with Gasteiger partial charge in [0.25, 0.3) is 0 Å². The fourth-order valence-electron chi connectivity index (χ4n) is 1.97. The normalized spacial score (nSPS) is 14.1. The molecule has 0 amide bonds. The SMILES string of the molecule is CCNc1cc(OCC2CC2)nc(-c2ccccc2)n1. The Hall–Kier alpha value is -2.10. The van der Waals surface area contributed by atoms with Crippen LogP contribution < -0.4 is 10.1 Å². The van der Waals surface area contributed by atoms with Crippen LogP contribution in [0.2, 0.25) is 0 Å². The number of rotatable bonds is 6. The smallest absolute Gasteiger partial charge is 0.219 e. The van der Waals surface area contributed by atoms with E-state index < -0.39 is 0 Å². The first-order valence-electron chi connectivity index (χ1n) is 7.16. The summed E-state index contributed by atoms with van der Waals surface area (Å²) < 4.78 is 5.79. The van der Waals surface area contributed by atoms with Crippen molar-refractivity contribution in [1.29, 1.82) is 0 Å². The number of nitrogens with one attached hydrogen (secondary N) is 1. The van der Waals surface area contributed by atoms with E-state index in [-0.39, 0.29) is 0 Å². The molecule has 0 aliphatic heterocycles. The van der Waals surface area contributed by atoms with Gasteiger partial charge in [-0.1, -0.05) is 30.3 Å². The molecular formula is C16H19N3O. The third-order valence-corrected chi connectivity index (χ3v) is 3.26. The van der Waals surface area contributed by atoms with E-state index in [9.17, 15) is 0 Å². The van der Waals surface area contributed by atoms with Crippen LogP contribution in [0.5, 0.6) is 5.88 Å². The molecule has 0 atom stereocenters. The average molecular weight is 269 g/mol. The number of benzene rings is 1. The molecule has 104 valence electrons. The maximum Gasteiger partial charge on any atom is 0.219 e. The second-order valence-electron chi connectivity index (χ2n) is 5.07. The van der Waals surface area contributed by atoms with Gasteiger partial charge in [-0.25, -0.2) is 4.98 Å². The molecule has 0 radical (unpaired) electrons. The van der Waals surface area contributed by atoms with Crippen molar-refractivity contribution in [2.75, 3.05) is 18.5 Å². The molecule has 1 saturated carbocycles. The molecule has 0 spiro atoms. The maximum atomic E-state index is 5.79. The van der Waals surface area contributed by atoms with Gasteiger partial charge in [-0.15, -0.1) is 0 Å². The minimum atomic E-state index is 0.654. The van der Waals surface area contributed by atoms with Crippen LogP contribution in [0.1, 0.15) is 19.8 Å². The van der Waals surface area contributed by atoms with Gasteiger partial charge in [0.1, 0.15) is 5.82 Å². The lowest BCUT2D eigenvalue weighted by molar-refractivity contribution is 0.288. The lowest BCUT2D eigenvalue weighted by atomic mass is 10.2. The van der Waals surface area contributed by atoms with Gasteiger partial charge in [-0.2, -0.15) is 4.98 Å². The Balaban J connectivity index is 1.87. The lowest BCUT2D eigenvalue weighted by Gasteiger charge is -2.10. The summed E-state index contributed by atoms with van der Waals surface area (Å²) in [5, 5.41) is 3.23. The highest BCUT2D eigenvalue weighted by Gasteiger charge is 2.22.